The van der Waals surface area contributed by atoms with E-state index in [9.17, 15) is 9.59 Å². The van der Waals surface area contributed by atoms with Crippen LogP contribution in [-0.2, 0) is 11.3 Å². The third kappa shape index (κ3) is 4.86. The van der Waals surface area contributed by atoms with Crippen molar-refractivity contribution in [3.05, 3.63) is 44.6 Å². The molecule has 0 spiro atoms. The largest absolute Gasteiger partial charge is 0.497 e. The quantitative estimate of drug-likeness (QED) is 0.641. The number of amides is 2. The van der Waals surface area contributed by atoms with E-state index >= 15 is 0 Å². The predicted octanol–water partition coefficient (Wildman–Crippen LogP) is 3.84. The molecule has 0 bridgehead atoms. The molecule has 0 aliphatic heterocycles. The smallest absolute Gasteiger partial charge is 0.262 e. The van der Waals surface area contributed by atoms with E-state index in [0.29, 0.717) is 22.9 Å². The number of thiophene rings is 1. The van der Waals surface area contributed by atoms with Gasteiger partial charge in [0.05, 0.1) is 22.9 Å². The number of carbonyl (C=O) groups is 2. The number of nitrogens with zero attached hydrogens (tertiary/aromatic N) is 1. The van der Waals surface area contributed by atoms with Crippen LogP contribution in [-0.4, -0.2) is 43.0 Å². The minimum absolute atomic E-state index is 0.101. The Morgan fingerprint density at radius 1 is 1.25 bits per heavy atom. The molecule has 1 aliphatic rings. The van der Waals surface area contributed by atoms with Crippen LogP contribution in [0.3, 0.4) is 0 Å². The van der Waals surface area contributed by atoms with Gasteiger partial charge in [0, 0.05) is 18.2 Å². The SMILES string of the molecule is COc1ccc(OC)c(CN(C(=O)C(C)NC(=O)c2ccc(Br)s2)C2CC2)c1. The lowest BCUT2D eigenvalue weighted by Gasteiger charge is -2.27. The summed E-state index contributed by atoms with van der Waals surface area (Å²) in [6.07, 6.45) is 1.94. The molecule has 0 saturated heterocycles. The van der Waals surface area contributed by atoms with Crippen molar-refractivity contribution in [3.63, 3.8) is 0 Å². The number of rotatable bonds is 8. The highest BCUT2D eigenvalue weighted by Crippen LogP contribution is 2.32. The summed E-state index contributed by atoms with van der Waals surface area (Å²) >= 11 is 4.69. The standard InChI is InChI=1S/C20H23BrN2O4S/c1-12(22-19(24)17-8-9-18(21)28-17)20(25)23(14-4-5-14)11-13-10-15(26-2)6-7-16(13)27-3/h6-10,12,14H,4-5,11H2,1-3H3,(H,22,24). The van der Waals surface area contributed by atoms with E-state index in [0.717, 1.165) is 22.2 Å². The fourth-order valence-electron chi connectivity index (χ4n) is 2.98. The van der Waals surface area contributed by atoms with Gasteiger partial charge in [-0.3, -0.25) is 9.59 Å². The maximum atomic E-state index is 13.1. The first-order chi connectivity index (χ1) is 13.4. The lowest BCUT2D eigenvalue weighted by Crippen LogP contribution is -2.47. The van der Waals surface area contributed by atoms with Crippen LogP contribution in [0.25, 0.3) is 0 Å². The summed E-state index contributed by atoms with van der Waals surface area (Å²) in [5, 5.41) is 2.81. The normalized spacial score (nSPS) is 14.3. The molecule has 6 nitrogen and oxygen atoms in total. The summed E-state index contributed by atoms with van der Waals surface area (Å²) in [4.78, 5) is 27.9. The van der Waals surface area contributed by atoms with Crippen LogP contribution in [0.2, 0.25) is 0 Å². The predicted molar refractivity (Wildman–Crippen MR) is 112 cm³/mol. The Kier molecular flexibility index (Phi) is 6.61. The highest BCUT2D eigenvalue weighted by atomic mass is 79.9. The molecule has 1 aromatic carbocycles. The van der Waals surface area contributed by atoms with E-state index in [-0.39, 0.29) is 17.9 Å². The fraction of sp³-hybridized carbons (Fsp3) is 0.400. The van der Waals surface area contributed by atoms with Crippen molar-refractivity contribution in [2.75, 3.05) is 14.2 Å². The summed E-state index contributed by atoms with van der Waals surface area (Å²) in [5.74, 6) is 1.07. The van der Waals surface area contributed by atoms with E-state index in [1.54, 1.807) is 27.2 Å². The summed E-state index contributed by atoms with van der Waals surface area (Å²) in [7, 11) is 3.21. The van der Waals surface area contributed by atoms with Crippen LogP contribution < -0.4 is 14.8 Å². The Morgan fingerprint density at radius 3 is 2.57 bits per heavy atom. The summed E-state index contributed by atoms with van der Waals surface area (Å²) in [6, 6.07) is 8.67. The van der Waals surface area contributed by atoms with Crippen molar-refractivity contribution in [1.29, 1.82) is 0 Å². The minimum Gasteiger partial charge on any atom is -0.497 e. The Balaban J connectivity index is 1.73. The lowest BCUT2D eigenvalue weighted by molar-refractivity contribution is -0.134. The molecule has 1 unspecified atom stereocenters. The molecule has 1 heterocycles. The molecule has 150 valence electrons. The van der Waals surface area contributed by atoms with Crippen molar-refractivity contribution in [1.82, 2.24) is 10.2 Å². The van der Waals surface area contributed by atoms with Crippen LogP contribution in [0, 0.1) is 0 Å². The number of carbonyl (C=O) groups excluding carboxylic acids is 2. The van der Waals surface area contributed by atoms with Crippen LogP contribution in [0.15, 0.2) is 34.1 Å². The van der Waals surface area contributed by atoms with Gasteiger partial charge in [-0.25, -0.2) is 0 Å². The van der Waals surface area contributed by atoms with Gasteiger partial charge in [0.2, 0.25) is 5.91 Å². The van der Waals surface area contributed by atoms with Crippen LogP contribution in [0.4, 0.5) is 0 Å². The Labute approximate surface area is 176 Å². The molecule has 1 aromatic heterocycles. The van der Waals surface area contributed by atoms with Crippen molar-refractivity contribution < 1.29 is 19.1 Å². The average molecular weight is 467 g/mol. The van der Waals surface area contributed by atoms with Gasteiger partial charge in [-0.15, -0.1) is 11.3 Å². The zero-order chi connectivity index (χ0) is 20.3. The third-order valence-electron chi connectivity index (χ3n) is 4.61. The fourth-order valence-corrected chi connectivity index (χ4v) is 4.27. The summed E-state index contributed by atoms with van der Waals surface area (Å²) in [5.41, 5.74) is 0.878. The van der Waals surface area contributed by atoms with Crippen LogP contribution >= 0.6 is 27.3 Å². The Hall–Kier alpha value is -2.06. The second kappa shape index (κ2) is 8.96. The minimum atomic E-state index is -0.620. The van der Waals surface area contributed by atoms with E-state index in [4.69, 9.17) is 9.47 Å². The van der Waals surface area contributed by atoms with Gasteiger partial charge in [-0.05, 0) is 66.0 Å². The number of benzene rings is 1. The maximum absolute atomic E-state index is 13.1. The first-order valence-corrected chi connectivity index (χ1v) is 10.6. The zero-order valence-corrected chi connectivity index (χ0v) is 18.4. The van der Waals surface area contributed by atoms with Gasteiger partial charge in [-0.2, -0.15) is 0 Å². The molecule has 2 aromatic rings. The van der Waals surface area contributed by atoms with Crippen molar-refractivity contribution in [2.24, 2.45) is 0 Å². The molecule has 0 radical (unpaired) electrons. The second-order valence-corrected chi connectivity index (χ2v) is 9.14. The molecular formula is C20H23BrN2O4S. The van der Waals surface area contributed by atoms with Gasteiger partial charge >= 0.3 is 0 Å². The van der Waals surface area contributed by atoms with E-state index in [1.807, 2.05) is 29.2 Å². The van der Waals surface area contributed by atoms with Gasteiger partial charge < -0.3 is 19.7 Å². The first kappa shape index (κ1) is 20.7. The van der Waals surface area contributed by atoms with E-state index in [1.165, 1.54) is 11.3 Å². The van der Waals surface area contributed by atoms with E-state index in [2.05, 4.69) is 21.2 Å². The number of methoxy groups -OCH3 is 2. The molecule has 1 aliphatic carbocycles. The molecule has 3 rings (SSSR count). The van der Waals surface area contributed by atoms with Crippen LogP contribution in [0.1, 0.15) is 35.0 Å². The van der Waals surface area contributed by atoms with Crippen molar-refractivity contribution >= 4 is 39.1 Å². The number of hydrogen-bond donors (Lipinski definition) is 1. The Bertz CT molecular complexity index is 866. The first-order valence-electron chi connectivity index (χ1n) is 9.00. The molecule has 1 atom stereocenters. The van der Waals surface area contributed by atoms with Crippen molar-refractivity contribution in [2.45, 2.75) is 38.4 Å². The molecule has 2 amide bonds. The summed E-state index contributed by atoms with van der Waals surface area (Å²) in [6.45, 7) is 2.13. The lowest BCUT2D eigenvalue weighted by atomic mass is 10.1. The van der Waals surface area contributed by atoms with Gasteiger partial charge in [-0.1, -0.05) is 0 Å². The number of ether oxygens (including phenoxy) is 2. The van der Waals surface area contributed by atoms with Gasteiger partial charge in [0.25, 0.3) is 5.91 Å². The molecule has 1 saturated carbocycles. The number of nitrogens with one attached hydrogen (secondary N) is 1. The van der Waals surface area contributed by atoms with E-state index < -0.39 is 6.04 Å². The third-order valence-corrected chi connectivity index (χ3v) is 6.24. The zero-order valence-electron chi connectivity index (χ0n) is 16.0. The van der Waals surface area contributed by atoms with Gasteiger partial charge in [0.1, 0.15) is 17.5 Å². The molecular weight excluding hydrogens is 444 g/mol. The molecule has 28 heavy (non-hydrogen) atoms. The Morgan fingerprint density at radius 2 is 2.00 bits per heavy atom. The monoisotopic (exact) mass is 466 g/mol. The highest BCUT2D eigenvalue weighted by Gasteiger charge is 2.35. The molecule has 1 fully saturated rings. The average Bonchev–Trinajstić information content (AvgIpc) is 3.44. The molecule has 8 heteroatoms. The van der Waals surface area contributed by atoms with Gasteiger partial charge in [0.15, 0.2) is 0 Å². The second-order valence-electron chi connectivity index (χ2n) is 6.67. The number of halogens is 1. The van der Waals surface area contributed by atoms with Crippen molar-refractivity contribution in [3.8, 4) is 11.5 Å². The number of hydrogen-bond acceptors (Lipinski definition) is 5. The molecule has 1 N–H and O–H groups in total. The summed E-state index contributed by atoms with van der Waals surface area (Å²) < 4.78 is 11.6. The van der Waals surface area contributed by atoms with Crippen LogP contribution in [0.5, 0.6) is 11.5 Å². The highest BCUT2D eigenvalue weighted by molar-refractivity contribution is 9.11. The topological polar surface area (TPSA) is 67.9 Å². The maximum Gasteiger partial charge on any atom is 0.262 e.